The number of aryl methyl sites for hydroxylation is 1. The van der Waals surface area contributed by atoms with Crippen molar-refractivity contribution in [2.75, 3.05) is 13.1 Å². The van der Waals surface area contributed by atoms with Crippen molar-refractivity contribution in [2.45, 2.75) is 44.7 Å². The van der Waals surface area contributed by atoms with E-state index < -0.39 is 0 Å². The Morgan fingerprint density at radius 2 is 2.07 bits per heavy atom. The molecule has 3 N–H and O–H groups in total. The van der Waals surface area contributed by atoms with Gasteiger partial charge < -0.3 is 10.7 Å². The molecule has 148 valence electrons. The lowest BCUT2D eigenvalue weighted by atomic mass is 9.76. The number of fused-ring (bicyclic) bond motifs is 2. The number of imidazole rings is 1. The van der Waals surface area contributed by atoms with Gasteiger partial charge in [0, 0.05) is 6.20 Å². The summed E-state index contributed by atoms with van der Waals surface area (Å²) in [6.07, 6.45) is 7.60. The molecule has 0 unspecified atom stereocenters. The van der Waals surface area contributed by atoms with Crippen molar-refractivity contribution in [3.8, 4) is 0 Å². The Kier molecular flexibility index (Phi) is 6.11. The second kappa shape index (κ2) is 8.76. The van der Waals surface area contributed by atoms with Crippen LogP contribution in [0, 0.1) is 0 Å². The number of aromatic nitrogens is 3. The van der Waals surface area contributed by atoms with E-state index in [2.05, 4.69) is 51.6 Å². The van der Waals surface area contributed by atoms with Crippen molar-refractivity contribution >= 4 is 51.0 Å². The predicted molar refractivity (Wildman–Crippen MR) is 129 cm³/mol. The van der Waals surface area contributed by atoms with Crippen molar-refractivity contribution < 1.29 is 0 Å². The van der Waals surface area contributed by atoms with Gasteiger partial charge in [0.25, 0.3) is 0 Å². The summed E-state index contributed by atoms with van der Waals surface area (Å²) in [7, 11) is 6.51. The van der Waals surface area contributed by atoms with Gasteiger partial charge in [0.05, 0.1) is 29.3 Å². The average Bonchev–Trinajstić information content (AvgIpc) is 3.16. The molecule has 0 fully saturated rings. The second-order valence-electron chi connectivity index (χ2n) is 8.46. The fourth-order valence-electron chi connectivity index (χ4n) is 4.69. The lowest BCUT2D eigenvalue weighted by Crippen LogP contribution is -2.33. The number of H-pyrrole nitrogens is 1. The zero-order chi connectivity index (χ0) is 20.4. The summed E-state index contributed by atoms with van der Waals surface area (Å²) >= 11 is 0. The first kappa shape index (κ1) is 20.2. The molecule has 2 heterocycles. The van der Waals surface area contributed by atoms with Gasteiger partial charge in [0.15, 0.2) is 0 Å². The SMILES string of the molecule is Bc1cc(B)c2nc(CN(CCCCN)[C@H]3CCCc4cccnc43)[nH]c2c1B. The molecule has 0 aliphatic heterocycles. The highest BCUT2D eigenvalue weighted by atomic mass is 15.2. The van der Waals surface area contributed by atoms with Crippen molar-refractivity contribution in [3.05, 3.63) is 41.5 Å². The molecule has 0 bridgehead atoms. The Bertz CT molecular complexity index is 1000. The Morgan fingerprint density at radius 3 is 2.90 bits per heavy atom. The zero-order valence-electron chi connectivity index (χ0n) is 18.0. The van der Waals surface area contributed by atoms with Crippen LogP contribution in [-0.2, 0) is 13.0 Å². The van der Waals surface area contributed by atoms with Gasteiger partial charge in [-0.05, 0) is 56.8 Å². The Hall–Kier alpha value is -2.05. The maximum Gasteiger partial charge on any atom is 0.142 e. The molecule has 2 aromatic heterocycles. The molecule has 0 amide bonds. The molecule has 1 aliphatic rings. The molecule has 1 aliphatic carbocycles. The van der Waals surface area contributed by atoms with Gasteiger partial charge in [0.2, 0.25) is 0 Å². The van der Waals surface area contributed by atoms with Crippen molar-refractivity contribution in [1.29, 1.82) is 0 Å². The standard InChI is InChI=1S/C21H30B3N5/c22-14-11-15(23)20-21(18(14)24)28-17(27-20)12-29(10-2-1-8-25)16-7-3-5-13-6-4-9-26-19(13)16/h4,6,9,11,16H,1-3,5,7-8,10,12,22-25H2,(H,27,28)/t16-/m0/s1. The molecule has 3 aromatic rings. The fourth-order valence-corrected chi connectivity index (χ4v) is 4.69. The zero-order valence-corrected chi connectivity index (χ0v) is 18.0. The summed E-state index contributed by atoms with van der Waals surface area (Å²) in [4.78, 5) is 16.0. The molecule has 0 saturated carbocycles. The maximum atomic E-state index is 5.77. The summed E-state index contributed by atoms with van der Waals surface area (Å²) in [5, 5.41) is 0. The highest BCUT2D eigenvalue weighted by Crippen LogP contribution is 2.33. The number of nitrogens with zero attached hydrogens (tertiary/aromatic N) is 3. The van der Waals surface area contributed by atoms with Crippen LogP contribution in [0.25, 0.3) is 11.0 Å². The Balaban J connectivity index is 1.66. The van der Waals surface area contributed by atoms with Crippen LogP contribution in [0.15, 0.2) is 24.4 Å². The van der Waals surface area contributed by atoms with E-state index in [1.54, 1.807) is 0 Å². The van der Waals surface area contributed by atoms with E-state index in [-0.39, 0.29) is 0 Å². The number of rotatable bonds is 7. The van der Waals surface area contributed by atoms with E-state index in [0.29, 0.717) is 6.04 Å². The number of benzene rings is 1. The number of nitrogens with two attached hydrogens (primary N) is 1. The van der Waals surface area contributed by atoms with Crippen LogP contribution in [0.4, 0.5) is 0 Å². The van der Waals surface area contributed by atoms with Gasteiger partial charge in [-0.2, -0.15) is 0 Å². The van der Waals surface area contributed by atoms with Crippen LogP contribution in [-0.4, -0.2) is 56.5 Å². The third-order valence-electron chi connectivity index (χ3n) is 6.38. The normalized spacial score (nSPS) is 16.4. The molecule has 0 radical (unpaired) electrons. The van der Waals surface area contributed by atoms with Crippen molar-refractivity contribution in [2.24, 2.45) is 5.73 Å². The van der Waals surface area contributed by atoms with Gasteiger partial charge in [-0.3, -0.25) is 9.88 Å². The molecule has 5 nitrogen and oxygen atoms in total. The van der Waals surface area contributed by atoms with Gasteiger partial charge in [-0.25, -0.2) is 4.98 Å². The molecule has 8 heteroatoms. The molecular formula is C21H30B3N5. The Morgan fingerprint density at radius 1 is 1.21 bits per heavy atom. The quantitative estimate of drug-likeness (QED) is 0.378. The van der Waals surface area contributed by atoms with Crippen LogP contribution >= 0.6 is 0 Å². The van der Waals surface area contributed by atoms with Gasteiger partial charge in [-0.15, -0.1) is 0 Å². The van der Waals surface area contributed by atoms with Crippen molar-refractivity contribution in [3.63, 3.8) is 0 Å². The van der Waals surface area contributed by atoms with Crippen LogP contribution < -0.4 is 22.1 Å². The number of hydrogen-bond acceptors (Lipinski definition) is 4. The molecule has 4 rings (SSSR count). The molecule has 0 spiro atoms. The monoisotopic (exact) mass is 385 g/mol. The third kappa shape index (κ3) is 4.14. The largest absolute Gasteiger partial charge is 0.341 e. The topological polar surface area (TPSA) is 70.8 Å². The van der Waals surface area contributed by atoms with E-state index in [0.717, 1.165) is 56.7 Å². The van der Waals surface area contributed by atoms with E-state index >= 15 is 0 Å². The highest BCUT2D eigenvalue weighted by Gasteiger charge is 2.27. The fraction of sp³-hybridized carbons (Fsp3) is 0.429. The minimum absolute atomic E-state index is 0.356. The minimum atomic E-state index is 0.356. The number of hydrogen-bond donors (Lipinski definition) is 2. The van der Waals surface area contributed by atoms with E-state index in [9.17, 15) is 0 Å². The highest BCUT2D eigenvalue weighted by molar-refractivity contribution is 6.55. The Labute approximate surface area is 176 Å². The van der Waals surface area contributed by atoms with Gasteiger partial charge in [0.1, 0.15) is 29.4 Å². The first-order valence-electron chi connectivity index (χ1n) is 10.9. The molecular weight excluding hydrogens is 355 g/mol. The van der Waals surface area contributed by atoms with E-state index in [1.807, 2.05) is 6.20 Å². The lowest BCUT2D eigenvalue weighted by molar-refractivity contribution is 0.159. The average molecular weight is 385 g/mol. The van der Waals surface area contributed by atoms with Crippen LogP contribution in [0.3, 0.4) is 0 Å². The maximum absolute atomic E-state index is 5.77. The summed E-state index contributed by atoms with van der Waals surface area (Å²) < 4.78 is 0. The lowest BCUT2D eigenvalue weighted by Gasteiger charge is -2.34. The van der Waals surface area contributed by atoms with Crippen LogP contribution in [0.5, 0.6) is 0 Å². The number of aromatic amines is 1. The minimum Gasteiger partial charge on any atom is -0.341 e. The number of nitrogens with one attached hydrogen (secondary N) is 1. The summed E-state index contributed by atoms with van der Waals surface area (Å²) in [6.45, 7) is 2.58. The van der Waals surface area contributed by atoms with E-state index in [4.69, 9.17) is 15.7 Å². The summed E-state index contributed by atoms with van der Waals surface area (Å²) in [5.41, 5.74) is 14.6. The summed E-state index contributed by atoms with van der Waals surface area (Å²) in [6, 6.07) is 6.90. The second-order valence-corrected chi connectivity index (χ2v) is 8.46. The van der Waals surface area contributed by atoms with Gasteiger partial charge in [-0.1, -0.05) is 28.5 Å². The summed E-state index contributed by atoms with van der Waals surface area (Å²) in [5.74, 6) is 1.05. The van der Waals surface area contributed by atoms with Crippen LogP contribution in [0.2, 0.25) is 0 Å². The third-order valence-corrected chi connectivity index (χ3v) is 6.38. The molecule has 1 aromatic carbocycles. The van der Waals surface area contributed by atoms with Crippen molar-refractivity contribution in [1.82, 2.24) is 19.9 Å². The van der Waals surface area contributed by atoms with E-state index in [1.165, 1.54) is 39.6 Å². The number of unbranched alkanes of at least 4 members (excludes halogenated alkanes) is 1. The smallest absolute Gasteiger partial charge is 0.142 e. The predicted octanol–water partition coefficient (Wildman–Crippen LogP) is -1.65. The molecule has 29 heavy (non-hydrogen) atoms. The van der Waals surface area contributed by atoms with Gasteiger partial charge >= 0.3 is 0 Å². The number of pyridine rings is 1. The first-order chi connectivity index (χ1) is 14.1. The van der Waals surface area contributed by atoms with Crippen LogP contribution in [0.1, 0.15) is 48.8 Å². The molecule has 1 atom stereocenters. The first-order valence-corrected chi connectivity index (χ1v) is 10.9. The molecule has 0 saturated heterocycles.